The second kappa shape index (κ2) is 7.76. The van der Waals surface area contributed by atoms with E-state index in [0.29, 0.717) is 6.54 Å². The molecule has 8 heteroatoms. The molecule has 0 bridgehead atoms. The number of rotatable bonds is 5. The molecule has 0 aromatic carbocycles. The van der Waals surface area contributed by atoms with E-state index in [4.69, 9.17) is 0 Å². The number of carbonyl (C=O) groups is 1. The number of piperidine rings is 1. The lowest BCUT2D eigenvalue weighted by Crippen LogP contribution is -2.50. The Morgan fingerprint density at radius 1 is 1.29 bits per heavy atom. The first-order valence-electron chi connectivity index (χ1n) is 8.25. The number of imidazole rings is 1. The van der Waals surface area contributed by atoms with Crippen molar-refractivity contribution in [2.45, 2.75) is 38.4 Å². The number of hydrogen-bond donors (Lipinski definition) is 2. The van der Waals surface area contributed by atoms with Crippen LogP contribution in [0.15, 0.2) is 37.2 Å². The van der Waals surface area contributed by atoms with Gasteiger partial charge in [-0.15, -0.1) is 0 Å². The lowest BCUT2D eigenvalue weighted by Gasteiger charge is -2.32. The van der Waals surface area contributed by atoms with Gasteiger partial charge < -0.3 is 20.1 Å². The monoisotopic (exact) mass is 329 g/mol. The second-order valence-corrected chi connectivity index (χ2v) is 6.09. The molecule has 0 spiro atoms. The molecule has 1 fully saturated rings. The van der Waals surface area contributed by atoms with Gasteiger partial charge in [0.15, 0.2) is 0 Å². The Morgan fingerprint density at radius 3 is 2.71 bits per heavy atom. The maximum Gasteiger partial charge on any atom is 0.315 e. The fourth-order valence-electron chi connectivity index (χ4n) is 2.89. The van der Waals surface area contributed by atoms with Gasteiger partial charge in [-0.25, -0.2) is 19.7 Å². The molecule has 3 heterocycles. The van der Waals surface area contributed by atoms with Gasteiger partial charge >= 0.3 is 6.03 Å². The van der Waals surface area contributed by atoms with Gasteiger partial charge in [0, 0.05) is 56.5 Å². The summed E-state index contributed by atoms with van der Waals surface area (Å²) in [5.74, 6) is 0.759. The normalized spacial score (nSPS) is 16.6. The van der Waals surface area contributed by atoms with Crippen LogP contribution in [0.3, 0.4) is 0 Å². The molecule has 8 nitrogen and oxygen atoms in total. The summed E-state index contributed by atoms with van der Waals surface area (Å²) in [7, 11) is 0. The molecular weight excluding hydrogens is 306 g/mol. The topological polar surface area (TPSA) is 88.0 Å². The molecule has 0 aliphatic carbocycles. The van der Waals surface area contributed by atoms with Crippen molar-refractivity contribution in [3.05, 3.63) is 37.2 Å². The molecule has 2 N–H and O–H groups in total. The molecule has 1 aliphatic heterocycles. The molecule has 0 unspecified atom stereocenters. The van der Waals surface area contributed by atoms with Crippen LogP contribution in [0.5, 0.6) is 0 Å². The molecule has 0 saturated carbocycles. The van der Waals surface area contributed by atoms with Crippen LogP contribution >= 0.6 is 0 Å². The summed E-state index contributed by atoms with van der Waals surface area (Å²) in [5.41, 5.74) is 0. The minimum absolute atomic E-state index is 0.0389. The number of nitrogens with zero attached hydrogens (tertiary/aromatic N) is 5. The van der Waals surface area contributed by atoms with Crippen molar-refractivity contribution in [2.75, 3.05) is 18.0 Å². The number of nitrogens with one attached hydrogen (secondary N) is 2. The van der Waals surface area contributed by atoms with Crippen molar-refractivity contribution in [3.63, 3.8) is 0 Å². The van der Waals surface area contributed by atoms with E-state index in [1.807, 2.05) is 23.8 Å². The van der Waals surface area contributed by atoms with Gasteiger partial charge in [-0.1, -0.05) is 0 Å². The Balaban J connectivity index is 1.40. The van der Waals surface area contributed by atoms with E-state index in [-0.39, 0.29) is 18.1 Å². The highest BCUT2D eigenvalue weighted by atomic mass is 16.2. The Bertz CT molecular complexity index is 623. The standard InChI is InChI=1S/C16H23N7O/c1-13(11-22-10-7-17-12-22)20-16(24)21-14-3-8-23(9-4-14)15-18-5-2-6-19-15/h2,5-7,10,12-14H,3-4,8-9,11H2,1H3,(H2,20,21,24)/t13-/m0/s1. The molecule has 2 amide bonds. The Kier molecular flexibility index (Phi) is 5.25. The molecule has 1 atom stereocenters. The van der Waals surface area contributed by atoms with Crippen LogP contribution in [0.4, 0.5) is 10.7 Å². The largest absolute Gasteiger partial charge is 0.341 e. The SMILES string of the molecule is C[C@@H](Cn1ccnc1)NC(=O)NC1CCN(c2ncccn2)CC1. The molecular formula is C16H23N7O. The highest BCUT2D eigenvalue weighted by Crippen LogP contribution is 2.15. The van der Waals surface area contributed by atoms with Crippen LogP contribution in [0.1, 0.15) is 19.8 Å². The zero-order valence-corrected chi connectivity index (χ0v) is 13.8. The van der Waals surface area contributed by atoms with Crippen molar-refractivity contribution in [1.82, 2.24) is 30.2 Å². The van der Waals surface area contributed by atoms with Crippen LogP contribution < -0.4 is 15.5 Å². The third-order valence-corrected chi connectivity index (χ3v) is 4.09. The Labute approximate surface area is 141 Å². The zero-order valence-electron chi connectivity index (χ0n) is 13.8. The van der Waals surface area contributed by atoms with Gasteiger partial charge in [-0.2, -0.15) is 0 Å². The number of carbonyl (C=O) groups excluding carboxylic acids is 1. The highest BCUT2D eigenvalue weighted by molar-refractivity contribution is 5.74. The van der Waals surface area contributed by atoms with Gasteiger partial charge in [-0.05, 0) is 25.8 Å². The third kappa shape index (κ3) is 4.43. The van der Waals surface area contributed by atoms with Crippen LogP contribution in [-0.2, 0) is 6.54 Å². The summed E-state index contributed by atoms with van der Waals surface area (Å²) in [4.78, 5) is 26.8. The van der Waals surface area contributed by atoms with Crippen LogP contribution in [0, 0.1) is 0 Å². The molecule has 128 valence electrons. The fourth-order valence-corrected chi connectivity index (χ4v) is 2.89. The maximum atomic E-state index is 12.1. The minimum atomic E-state index is -0.114. The number of amides is 2. The number of hydrogen-bond acceptors (Lipinski definition) is 5. The van der Waals surface area contributed by atoms with Gasteiger partial charge in [0.2, 0.25) is 5.95 Å². The summed E-state index contributed by atoms with van der Waals surface area (Å²) in [6, 6.07) is 1.92. The zero-order chi connectivity index (χ0) is 16.8. The number of aromatic nitrogens is 4. The third-order valence-electron chi connectivity index (χ3n) is 4.09. The van der Waals surface area contributed by atoms with Gasteiger partial charge in [0.1, 0.15) is 0 Å². The average Bonchev–Trinajstić information content (AvgIpc) is 3.09. The summed E-state index contributed by atoms with van der Waals surface area (Å²) < 4.78 is 1.95. The maximum absolute atomic E-state index is 12.1. The van der Waals surface area contributed by atoms with Gasteiger partial charge in [0.25, 0.3) is 0 Å². The lowest BCUT2D eigenvalue weighted by molar-refractivity contribution is 0.230. The first-order chi connectivity index (χ1) is 11.7. The van der Waals surface area contributed by atoms with Gasteiger partial charge in [0.05, 0.1) is 6.33 Å². The smallest absolute Gasteiger partial charge is 0.315 e. The summed E-state index contributed by atoms with van der Waals surface area (Å²) in [6.07, 6.45) is 10.7. The van der Waals surface area contributed by atoms with Crippen molar-refractivity contribution < 1.29 is 4.79 Å². The molecule has 2 aromatic rings. The lowest BCUT2D eigenvalue weighted by atomic mass is 10.1. The first-order valence-corrected chi connectivity index (χ1v) is 8.25. The van der Waals surface area contributed by atoms with E-state index in [1.54, 1.807) is 24.9 Å². The van der Waals surface area contributed by atoms with E-state index in [2.05, 4.69) is 30.5 Å². The van der Waals surface area contributed by atoms with Gasteiger partial charge in [-0.3, -0.25) is 0 Å². The van der Waals surface area contributed by atoms with Crippen LogP contribution in [0.2, 0.25) is 0 Å². The fraction of sp³-hybridized carbons (Fsp3) is 0.500. The number of urea groups is 1. The predicted molar refractivity (Wildman–Crippen MR) is 90.6 cm³/mol. The summed E-state index contributed by atoms with van der Waals surface area (Å²) in [6.45, 7) is 4.38. The molecule has 1 aliphatic rings. The van der Waals surface area contributed by atoms with Crippen molar-refractivity contribution in [1.29, 1.82) is 0 Å². The van der Waals surface area contributed by atoms with E-state index in [0.717, 1.165) is 31.9 Å². The highest BCUT2D eigenvalue weighted by Gasteiger charge is 2.22. The summed E-state index contributed by atoms with van der Waals surface area (Å²) in [5, 5.41) is 6.03. The van der Waals surface area contributed by atoms with Crippen molar-refractivity contribution in [3.8, 4) is 0 Å². The Morgan fingerprint density at radius 2 is 2.04 bits per heavy atom. The molecule has 24 heavy (non-hydrogen) atoms. The van der Waals surface area contributed by atoms with E-state index in [1.165, 1.54) is 0 Å². The van der Waals surface area contributed by atoms with Crippen molar-refractivity contribution in [2.24, 2.45) is 0 Å². The molecule has 0 radical (unpaired) electrons. The average molecular weight is 329 g/mol. The van der Waals surface area contributed by atoms with Crippen LogP contribution in [0.25, 0.3) is 0 Å². The summed E-state index contributed by atoms with van der Waals surface area (Å²) >= 11 is 0. The van der Waals surface area contributed by atoms with Crippen molar-refractivity contribution >= 4 is 12.0 Å². The quantitative estimate of drug-likeness (QED) is 0.855. The Hall–Kier alpha value is -2.64. The van der Waals surface area contributed by atoms with E-state index in [9.17, 15) is 4.79 Å². The minimum Gasteiger partial charge on any atom is -0.341 e. The number of anilines is 1. The molecule has 3 rings (SSSR count). The predicted octanol–water partition coefficient (Wildman–Crippen LogP) is 1.03. The van der Waals surface area contributed by atoms with Crippen LogP contribution in [-0.4, -0.2) is 50.7 Å². The molecule has 1 saturated heterocycles. The first kappa shape index (κ1) is 16.2. The molecule has 2 aromatic heterocycles. The second-order valence-electron chi connectivity index (χ2n) is 6.09. The van der Waals surface area contributed by atoms with E-state index >= 15 is 0 Å². The van der Waals surface area contributed by atoms with E-state index < -0.39 is 0 Å².